The summed E-state index contributed by atoms with van der Waals surface area (Å²) in [5, 5.41) is 5.91. The number of hydrogen-bond acceptors (Lipinski definition) is 5. The summed E-state index contributed by atoms with van der Waals surface area (Å²) in [7, 11) is 1.39. The number of carbonyl (C=O) groups excluding carboxylic acids is 1. The van der Waals surface area contributed by atoms with E-state index in [0.29, 0.717) is 25.7 Å². The first-order chi connectivity index (χ1) is 15.9. The van der Waals surface area contributed by atoms with Crippen molar-refractivity contribution >= 4 is 62.8 Å². The van der Waals surface area contributed by atoms with Crippen molar-refractivity contribution in [1.29, 1.82) is 0 Å². The highest BCUT2D eigenvalue weighted by Gasteiger charge is 2.23. The van der Waals surface area contributed by atoms with E-state index in [9.17, 15) is 4.79 Å². The Morgan fingerprint density at radius 1 is 1.09 bits per heavy atom. The van der Waals surface area contributed by atoms with Crippen LogP contribution < -0.4 is 5.32 Å². The molecule has 0 unspecified atom stereocenters. The van der Waals surface area contributed by atoms with Gasteiger partial charge in [0.2, 0.25) is 0 Å². The van der Waals surface area contributed by atoms with Gasteiger partial charge in [-0.05, 0) is 41.5 Å². The number of nitrogens with zero attached hydrogens (tertiary/aromatic N) is 2. The number of carbonyl (C=O) groups is 1. The van der Waals surface area contributed by atoms with Crippen LogP contribution in [-0.2, 0) is 11.3 Å². The molecule has 5 nitrogen and oxygen atoms in total. The summed E-state index contributed by atoms with van der Waals surface area (Å²) in [4.78, 5) is 17.8. The van der Waals surface area contributed by atoms with E-state index in [1.165, 1.54) is 18.4 Å². The van der Waals surface area contributed by atoms with Gasteiger partial charge in [0.25, 0.3) is 0 Å². The number of thiocarbonyl (C=S) groups is 1. The third kappa shape index (κ3) is 5.86. The maximum atomic E-state index is 12.4. The molecule has 0 atom stereocenters. The molecule has 1 N–H and O–H groups in total. The van der Waals surface area contributed by atoms with Gasteiger partial charge in [-0.15, -0.1) is 11.3 Å². The van der Waals surface area contributed by atoms with Gasteiger partial charge in [0.05, 0.1) is 12.7 Å². The molecule has 2 aromatic carbocycles. The van der Waals surface area contributed by atoms with E-state index in [-0.39, 0.29) is 5.97 Å². The fourth-order valence-corrected chi connectivity index (χ4v) is 5.53. The number of benzene rings is 2. The molecule has 172 valence electrons. The van der Waals surface area contributed by atoms with Gasteiger partial charge in [0, 0.05) is 47.6 Å². The van der Waals surface area contributed by atoms with E-state index in [4.69, 9.17) is 40.2 Å². The van der Waals surface area contributed by atoms with Crippen LogP contribution in [0.5, 0.6) is 0 Å². The Bertz CT molecular complexity index is 1150. The van der Waals surface area contributed by atoms with E-state index in [0.717, 1.165) is 48.7 Å². The lowest BCUT2D eigenvalue weighted by Gasteiger charge is -2.36. The molecule has 1 saturated heterocycles. The number of methoxy groups -OCH3 is 1. The summed E-state index contributed by atoms with van der Waals surface area (Å²) in [6.45, 7) is 4.03. The third-order valence-corrected chi connectivity index (χ3v) is 7.53. The monoisotopic (exact) mass is 519 g/mol. The second-order valence-electron chi connectivity index (χ2n) is 7.64. The molecule has 0 saturated carbocycles. The number of nitrogens with one attached hydrogen (secondary N) is 1. The van der Waals surface area contributed by atoms with Crippen molar-refractivity contribution in [1.82, 2.24) is 9.80 Å². The lowest BCUT2D eigenvalue weighted by Crippen LogP contribution is -2.49. The topological polar surface area (TPSA) is 44.8 Å². The number of thiophene rings is 1. The first-order valence-corrected chi connectivity index (χ1v) is 12.4. The molecule has 1 aliphatic rings. The van der Waals surface area contributed by atoms with E-state index >= 15 is 0 Å². The summed E-state index contributed by atoms with van der Waals surface area (Å²) in [5.41, 5.74) is 2.59. The molecule has 0 bridgehead atoms. The molecule has 1 fully saturated rings. The van der Waals surface area contributed by atoms with E-state index in [1.807, 2.05) is 48.5 Å². The number of anilines is 1. The van der Waals surface area contributed by atoms with Gasteiger partial charge >= 0.3 is 5.97 Å². The largest absolute Gasteiger partial charge is 0.465 e. The first kappa shape index (κ1) is 24.0. The Kier molecular flexibility index (Phi) is 7.88. The van der Waals surface area contributed by atoms with E-state index in [1.54, 1.807) is 6.07 Å². The van der Waals surface area contributed by atoms with Crippen LogP contribution >= 0.6 is 46.8 Å². The zero-order valence-electron chi connectivity index (χ0n) is 18.0. The van der Waals surface area contributed by atoms with Gasteiger partial charge in [-0.25, -0.2) is 4.79 Å². The molecule has 0 spiro atoms. The molecular formula is C24H23Cl2N3O2S2. The second kappa shape index (κ2) is 10.8. The Hall–Kier alpha value is -2.16. The van der Waals surface area contributed by atoms with Crippen LogP contribution in [-0.4, -0.2) is 54.2 Å². The maximum absolute atomic E-state index is 12.4. The van der Waals surface area contributed by atoms with Crippen LogP contribution in [0.25, 0.3) is 10.4 Å². The summed E-state index contributed by atoms with van der Waals surface area (Å²) in [6, 6.07) is 17.4. The average Bonchev–Trinajstić information content (AvgIpc) is 3.25. The fraction of sp³-hybridized carbons (Fsp3) is 0.250. The Morgan fingerprint density at radius 3 is 2.48 bits per heavy atom. The lowest BCUT2D eigenvalue weighted by molar-refractivity contribution is 0.0602. The normalized spacial score (nSPS) is 14.2. The summed E-state index contributed by atoms with van der Waals surface area (Å²) in [5.74, 6) is -0.386. The maximum Gasteiger partial charge on any atom is 0.340 e. The van der Waals surface area contributed by atoms with E-state index in [2.05, 4.69) is 15.1 Å². The molecule has 0 radical (unpaired) electrons. The molecular weight excluding hydrogens is 497 g/mol. The predicted octanol–water partition coefficient (Wildman–Crippen LogP) is 6.02. The van der Waals surface area contributed by atoms with Crippen molar-refractivity contribution in [3.8, 4) is 10.4 Å². The van der Waals surface area contributed by atoms with E-state index < -0.39 is 0 Å². The van der Waals surface area contributed by atoms with Crippen molar-refractivity contribution < 1.29 is 9.53 Å². The molecule has 3 aromatic rings. The molecule has 0 aliphatic carbocycles. The molecule has 33 heavy (non-hydrogen) atoms. The zero-order valence-corrected chi connectivity index (χ0v) is 21.2. The van der Waals surface area contributed by atoms with Crippen LogP contribution in [0, 0.1) is 0 Å². The van der Waals surface area contributed by atoms with Crippen molar-refractivity contribution in [2.24, 2.45) is 0 Å². The highest BCUT2D eigenvalue weighted by atomic mass is 35.5. The van der Waals surface area contributed by atoms with Crippen LogP contribution in [0.4, 0.5) is 5.00 Å². The average molecular weight is 521 g/mol. The quantitative estimate of drug-likeness (QED) is 0.328. The number of hydrogen-bond donors (Lipinski definition) is 1. The van der Waals surface area contributed by atoms with Crippen molar-refractivity contribution in [2.75, 3.05) is 38.6 Å². The Balaban J connectivity index is 1.40. The highest BCUT2D eigenvalue weighted by molar-refractivity contribution is 7.80. The molecule has 4 rings (SSSR count). The highest BCUT2D eigenvalue weighted by Crippen LogP contribution is 2.36. The first-order valence-electron chi connectivity index (χ1n) is 10.4. The standard InChI is InChI=1S/C24H23Cl2N3O2S2/c1-31-23(30)19-14-21(16-5-3-2-4-6-16)33-22(19)27-24(32)29-11-9-28(10-12-29)15-17-7-8-18(25)13-20(17)26/h2-8,13-14H,9-12,15H2,1H3,(H,27,32). The number of piperazine rings is 1. The second-order valence-corrected chi connectivity index (χ2v) is 9.92. The van der Waals surface area contributed by atoms with Crippen molar-refractivity contribution in [3.63, 3.8) is 0 Å². The van der Waals surface area contributed by atoms with Crippen LogP contribution in [0.1, 0.15) is 15.9 Å². The summed E-state index contributed by atoms with van der Waals surface area (Å²) < 4.78 is 4.99. The summed E-state index contributed by atoms with van der Waals surface area (Å²) >= 11 is 19.5. The zero-order chi connectivity index (χ0) is 23.4. The van der Waals surface area contributed by atoms with Crippen molar-refractivity contribution in [3.05, 3.63) is 75.8 Å². The molecule has 0 amide bonds. The third-order valence-electron chi connectivity index (χ3n) is 5.48. The smallest absolute Gasteiger partial charge is 0.340 e. The SMILES string of the molecule is COC(=O)c1cc(-c2ccccc2)sc1NC(=S)N1CCN(Cc2ccc(Cl)cc2Cl)CC1. The van der Waals surface area contributed by atoms with Crippen molar-refractivity contribution in [2.45, 2.75) is 6.54 Å². The van der Waals surface area contributed by atoms with Crippen LogP contribution in [0.3, 0.4) is 0 Å². The minimum absolute atomic E-state index is 0.386. The molecule has 2 heterocycles. The summed E-state index contributed by atoms with van der Waals surface area (Å²) in [6.07, 6.45) is 0. The fourth-order valence-electron chi connectivity index (χ4n) is 3.67. The number of esters is 1. The minimum atomic E-state index is -0.386. The molecule has 1 aromatic heterocycles. The lowest BCUT2D eigenvalue weighted by atomic mass is 10.1. The number of rotatable bonds is 5. The number of halogens is 2. The van der Waals surface area contributed by atoms with Gasteiger partial charge in [-0.3, -0.25) is 4.90 Å². The minimum Gasteiger partial charge on any atom is -0.465 e. The number of ether oxygens (including phenoxy) is 1. The van der Waals surface area contributed by atoms with Gasteiger partial charge < -0.3 is 15.0 Å². The Morgan fingerprint density at radius 2 is 1.82 bits per heavy atom. The molecule has 1 aliphatic heterocycles. The Labute approximate surface area is 212 Å². The van der Waals surface area contributed by atoms with Crippen LogP contribution in [0.15, 0.2) is 54.6 Å². The molecule has 9 heteroatoms. The van der Waals surface area contributed by atoms with Gasteiger partial charge in [0.15, 0.2) is 5.11 Å². The van der Waals surface area contributed by atoms with Gasteiger partial charge in [-0.2, -0.15) is 0 Å². The predicted molar refractivity (Wildman–Crippen MR) is 141 cm³/mol. The van der Waals surface area contributed by atoms with Crippen LogP contribution in [0.2, 0.25) is 10.0 Å². The van der Waals surface area contributed by atoms with Gasteiger partial charge in [0.1, 0.15) is 5.00 Å². The van der Waals surface area contributed by atoms with Gasteiger partial charge in [-0.1, -0.05) is 59.6 Å².